The second-order valence-corrected chi connectivity index (χ2v) is 5.81. The third-order valence-electron chi connectivity index (χ3n) is 3.94. The van der Waals surface area contributed by atoms with Crippen LogP contribution in [0.4, 0.5) is 5.69 Å². The third-order valence-corrected chi connectivity index (χ3v) is 3.94. The molecule has 0 aliphatic carbocycles. The molecule has 1 fully saturated rings. The van der Waals surface area contributed by atoms with Crippen LogP contribution < -0.4 is 5.73 Å². The number of hydrogen-bond acceptors (Lipinski definition) is 2. The van der Waals surface area contributed by atoms with E-state index in [1.165, 1.54) is 44.3 Å². The van der Waals surface area contributed by atoms with Crippen molar-refractivity contribution in [2.24, 2.45) is 5.92 Å². The van der Waals surface area contributed by atoms with Crippen LogP contribution in [0.1, 0.15) is 51.1 Å². The minimum atomic E-state index is 0.545. The highest BCUT2D eigenvalue weighted by Gasteiger charge is 2.24. The van der Waals surface area contributed by atoms with E-state index < -0.39 is 0 Å². The molecule has 0 radical (unpaired) electrons. The van der Waals surface area contributed by atoms with E-state index in [2.05, 4.69) is 30.9 Å². The first kappa shape index (κ1) is 13.4. The van der Waals surface area contributed by atoms with Gasteiger partial charge in [0.05, 0.1) is 0 Å². The van der Waals surface area contributed by atoms with Gasteiger partial charge in [0.2, 0.25) is 0 Å². The van der Waals surface area contributed by atoms with E-state index in [9.17, 15) is 0 Å². The Kier molecular flexibility index (Phi) is 4.65. The van der Waals surface area contributed by atoms with Gasteiger partial charge in [-0.15, -0.1) is 0 Å². The van der Waals surface area contributed by atoms with Gasteiger partial charge < -0.3 is 5.73 Å². The fourth-order valence-electron chi connectivity index (χ4n) is 3.08. The zero-order valence-corrected chi connectivity index (χ0v) is 11.7. The highest BCUT2D eigenvalue weighted by Crippen LogP contribution is 2.31. The van der Waals surface area contributed by atoms with Gasteiger partial charge in [0, 0.05) is 11.7 Å². The van der Waals surface area contributed by atoms with Crippen molar-refractivity contribution in [2.45, 2.75) is 45.6 Å². The molecule has 1 atom stereocenters. The summed E-state index contributed by atoms with van der Waals surface area (Å²) in [5, 5.41) is 0. The van der Waals surface area contributed by atoms with E-state index in [-0.39, 0.29) is 0 Å². The lowest BCUT2D eigenvalue weighted by Crippen LogP contribution is -2.32. The van der Waals surface area contributed by atoms with Crippen molar-refractivity contribution in [3.05, 3.63) is 29.8 Å². The Morgan fingerprint density at radius 1 is 0.944 bits per heavy atom. The Hall–Kier alpha value is -1.02. The third kappa shape index (κ3) is 3.26. The van der Waals surface area contributed by atoms with E-state index in [0.717, 1.165) is 5.69 Å². The number of rotatable bonds is 3. The lowest BCUT2D eigenvalue weighted by atomic mass is 9.94. The molecule has 1 aliphatic rings. The molecule has 2 nitrogen and oxygen atoms in total. The summed E-state index contributed by atoms with van der Waals surface area (Å²) in [6, 6.07) is 9.00. The van der Waals surface area contributed by atoms with Crippen LogP contribution in [0.25, 0.3) is 0 Å². The lowest BCUT2D eigenvalue weighted by Gasteiger charge is -2.34. The number of nitrogens with two attached hydrogens (primary N) is 1. The van der Waals surface area contributed by atoms with Gasteiger partial charge >= 0.3 is 0 Å². The average molecular weight is 246 g/mol. The molecule has 1 saturated heterocycles. The van der Waals surface area contributed by atoms with Gasteiger partial charge in [-0.05, 0) is 49.5 Å². The summed E-state index contributed by atoms with van der Waals surface area (Å²) < 4.78 is 0. The number of hydrogen-bond donors (Lipinski definition) is 1. The summed E-state index contributed by atoms with van der Waals surface area (Å²) in [7, 11) is 0. The van der Waals surface area contributed by atoms with Crippen LogP contribution in [0.15, 0.2) is 24.3 Å². The van der Waals surface area contributed by atoms with Crippen LogP contribution in [0.5, 0.6) is 0 Å². The van der Waals surface area contributed by atoms with Gasteiger partial charge in [0.1, 0.15) is 0 Å². The number of nitrogen functional groups attached to an aromatic ring is 1. The Balaban J connectivity index is 2.18. The van der Waals surface area contributed by atoms with Crippen LogP contribution in [0, 0.1) is 5.92 Å². The van der Waals surface area contributed by atoms with Crippen molar-refractivity contribution < 1.29 is 0 Å². The molecule has 0 amide bonds. The predicted molar refractivity (Wildman–Crippen MR) is 78.5 cm³/mol. The maximum Gasteiger partial charge on any atom is 0.0371 e. The van der Waals surface area contributed by atoms with Crippen molar-refractivity contribution in [3.8, 4) is 0 Å². The molecular formula is C16H26N2. The zero-order valence-electron chi connectivity index (χ0n) is 11.7. The molecule has 0 bridgehead atoms. The fourth-order valence-corrected chi connectivity index (χ4v) is 3.08. The zero-order chi connectivity index (χ0) is 13.0. The minimum Gasteiger partial charge on any atom is -0.399 e. The van der Waals surface area contributed by atoms with E-state index in [1.54, 1.807) is 0 Å². The van der Waals surface area contributed by atoms with Crippen LogP contribution in [0.2, 0.25) is 0 Å². The van der Waals surface area contributed by atoms with Crippen molar-refractivity contribution in [2.75, 3.05) is 18.8 Å². The van der Waals surface area contributed by atoms with E-state index in [1.807, 2.05) is 12.1 Å². The quantitative estimate of drug-likeness (QED) is 0.821. The molecule has 1 unspecified atom stereocenters. The van der Waals surface area contributed by atoms with E-state index >= 15 is 0 Å². The van der Waals surface area contributed by atoms with Crippen LogP contribution in [-0.4, -0.2) is 18.0 Å². The lowest BCUT2D eigenvalue weighted by molar-refractivity contribution is 0.161. The molecule has 2 heteroatoms. The summed E-state index contributed by atoms with van der Waals surface area (Å²) >= 11 is 0. The first-order chi connectivity index (χ1) is 8.68. The van der Waals surface area contributed by atoms with Gasteiger partial charge in [-0.25, -0.2) is 0 Å². The maximum atomic E-state index is 5.79. The van der Waals surface area contributed by atoms with Crippen molar-refractivity contribution >= 4 is 5.69 Å². The molecule has 1 aromatic carbocycles. The molecule has 1 aromatic rings. The van der Waals surface area contributed by atoms with Crippen LogP contribution >= 0.6 is 0 Å². The largest absolute Gasteiger partial charge is 0.399 e. The van der Waals surface area contributed by atoms with Gasteiger partial charge in [-0.3, -0.25) is 4.90 Å². The molecule has 0 aromatic heterocycles. The first-order valence-corrected chi connectivity index (χ1v) is 7.28. The molecule has 1 aliphatic heterocycles. The molecule has 0 saturated carbocycles. The van der Waals surface area contributed by atoms with E-state index in [0.29, 0.717) is 12.0 Å². The van der Waals surface area contributed by atoms with Crippen molar-refractivity contribution in [3.63, 3.8) is 0 Å². The number of nitrogens with zero attached hydrogens (tertiary/aromatic N) is 1. The summed E-state index contributed by atoms with van der Waals surface area (Å²) in [6.45, 7) is 7.14. The summed E-state index contributed by atoms with van der Waals surface area (Å²) in [5.74, 6) is 0.645. The molecule has 2 N–H and O–H groups in total. The van der Waals surface area contributed by atoms with Gasteiger partial charge in [-0.2, -0.15) is 0 Å². The van der Waals surface area contributed by atoms with Gasteiger partial charge in [-0.1, -0.05) is 38.8 Å². The van der Waals surface area contributed by atoms with Crippen LogP contribution in [-0.2, 0) is 0 Å². The molecular weight excluding hydrogens is 220 g/mol. The summed E-state index contributed by atoms with van der Waals surface area (Å²) in [6.07, 6.45) is 5.47. The standard InChI is InChI=1S/C16H26N2/c1-13(2)16(14-7-9-15(17)10-8-14)18-11-5-3-4-6-12-18/h7-10,13,16H,3-6,11-12,17H2,1-2H3. The topological polar surface area (TPSA) is 29.3 Å². The van der Waals surface area contributed by atoms with Crippen molar-refractivity contribution in [1.29, 1.82) is 0 Å². The molecule has 2 rings (SSSR count). The van der Waals surface area contributed by atoms with Gasteiger partial charge in [0.15, 0.2) is 0 Å². The minimum absolute atomic E-state index is 0.545. The highest BCUT2D eigenvalue weighted by molar-refractivity contribution is 5.40. The van der Waals surface area contributed by atoms with Gasteiger partial charge in [0.25, 0.3) is 0 Å². The second-order valence-electron chi connectivity index (χ2n) is 5.81. The molecule has 100 valence electrons. The molecule has 0 spiro atoms. The average Bonchev–Trinajstić information content (AvgIpc) is 2.60. The summed E-state index contributed by atoms with van der Waals surface area (Å²) in [5.41, 5.74) is 8.07. The maximum absolute atomic E-state index is 5.79. The smallest absolute Gasteiger partial charge is 0.0371 e. The highest BCUT2D eigenvalue weighted by atomic mass is 15.2. The first-order valence-electron chi connectivity index (χ1n) is 7.28. The predicted octanol–water partition coefficient (Wildman–Crippen LogP) is 3.84. The Bertz CT molecular complexity index is 348. The number of anilines is 1. The molecule has 18 heavy (non-hydrogen) atoms. The number of likely N-dealkylation sites (tertiary alicyclic amines) is 1. The Morgan fingerprint density at radius 3 is 2.00 bits per heavy atom. The Morgan fingerprint density at radius 2 is 1.50 bits per heavy atom. The number of benzene rings is 1. The molecule has 1 heterocycles. The second kappa shape index (κ2) is 6.24. The normalized spacial score (nSPS) is 19.7. The fraction of sp³-hybridized carbons (Fsp3) is 0.625. The SMILES string of the molecule is CC(C)C(c1ccc(N)cc1)N1CCCCCC1. The van der Waals surface area contributed by atoms with Crippen LogP contribution in [0.3, 0.4) is 0 Å². The summed E-state index contributed by atoms with van der Waals surface area (Å²) in [4.78, 5) is 2.67. The Labute approximate surface area is 111 Å². The van der Waals surface area contributed by atoms with Crippen molar-refractivity contribution in [1.82, 2.24) is 4.90 Å². The monoisotopic (exact) mass is 246 g/mol. The van der Waals surface area contributed by atoms with E-state index in [4.69, 9.17) is 5.73 Å².